The third-order valence-electron chi connectivity index (χ3n) is 5.11. The maximum absolute atomic E-state index is 12.5. The van der Waals surface area contributed by atoms with Crippen LogP contribution in [0.2, 0.25) is 5.02 Å². The Hall–Kier alpha value is -2.78. The molecule has 4 rings (SSSR count). The Balaban J connectivity index is 1.69. The molecule has 3 nitrogen and oxygen atoms in total. The molecule has 1 aromatic heterocycles. The van der Waals surface area contributed by atoms with Gasteiger partial charge in [0.25, 0.3) is 0 Å². The van der Waals surface area contributed by atoms with Crippen molar-refractivity contribution in [3.05, 3.63) is 93.4 Å². The van der Waals surface area contributed by atoms with E-state index in [-0.39, 0.29) is 11.1 Å². The molecule has 0 unspecified atom stereocenters. The van der Waals surface area contributed by atoms with Crippen LogP contribution in [0.1, 0.15) is 31.9 Å². The average Bonchev–Trinajstić information content (AvgIpc) is 2.97. The van der Waals surface area contributed by atoms with Crippen molar-refractivity contribution in [1.29, 1.82) is 0 Å². The van der Waals surface area contributed by atoms with Crippen molar-refractivity contribution in [2.75, 3.05) is 0 Å². The predicted octanol–water partition coefficient (Wildman–Crippen LogP) is 6.00. The van der Waals surface area contributed by atoms with Gasteiger partial charge in [-0.1, -0.05) is 74.8 Å². The third kappa shape index (κ3) is 3.63. The average molecular weight is 391 g/mol. The molecule has 142 valence electrons. The molecule has 28 heavy (non-hydrogen) atoms. The molecule has 1 heterocycles. The van der Waals surface area contributed by atoms with E-state index in [0.29, 0.717) is 11.6 Å². The first-order valence-corrected chi connectivity index (χ1v) is 9.77. The Morgan fingerprint density at radius 3 is 2.18 bits per heavy atom. The van der Waals surface area contributed by atoms with E-state index in [9.17, 15) is 4.79 Å². The standard InChI is InChI=1S/C24H23ClN2O/c1-24(2,3)19-9-6-17(7-10-19)18-8-13-22-21(14-18)26-23(28)27(22)15-16-4-11-20(25)12-5-16/h4-14H,15H2,1-3H3,(H,26,28). The zero-order valence-electron chi connectivity index (χ0n) is 16.3. The topological polar surface area (TPSA) is 37.8 Å². The van der Waals surface area contributed by atoms with Gasteiger partial charge in [0.2, 0.25) is 0 Å². The van der Waals surface area contributed by atoms with E-state index in [1.165, 1.54) is 5.56 Å². The summed E-state index contributed by atoms with van der Waals surface area (Å²) in [6.07, 6.45) is 0. The van der Waals surface area contributed by atoms with Crippen LogP contribution in [-0.2, 0) is 12.0 Å². The molecule has 3 aromatic carbocycles. The summed E-state index contributed by atoms with van der Waals surface area (Å²) in [7, 11) is 0. The summed E-state index contributed by atoms with van der Waals surface area (Å²) >= 11 is 5.96. The summed E-state index contributed by atoms with van der Waals surface area (Å²) in [6, 6.07) is 22.3. The summed E-state index contributed by atoms with van der Waals surface area (Å²) < 4.78 is 1.76. The van der Waals surface area contributed by atoms with Crippen LogP contribution in [-0.4, -0.2) is 9.55 Å². The molecule has 0 aliphatic heterocycles. The van der Waals surface area contributed by atoms with Crippen LogP contribution < -0.4 is 5.69 Å². The van der Waals surface area contributed by atoms with Crippen molar-refractivity contribution in [2.45, 2.75) is 32.7 Å². The highest BCUT2D eigenvalue weighted by Gasteiger charge is 2.14. The summed E-state index contributed by atoms with van der Waals surface area (Å²) in [4.78, 5) is 15.5. The molecule has 1 N–H and O–H groups in total. The second-order valence-electron chi connectivity index (χ2n) is 8.20. The molecule has 0 spiro atoms. The van der Waals surface area contributed by atoms with Gasteiger partial charge in [0, 0.05) is 5.02 Å². The van der Waals surface area contributed by atoms with Crippen LogP contribution in [0, 0.1) is 0 Å². The lowest BCUT2D eigenvalue weighted by molar-refractivity contribution is 0.590. The van der Waals surface area contributed by atoms with Gasteiger partial charge in [0.1, 0.15) is 0 Å². The summed E-state index contributed by atoms with van der Waals surface area (Å²) in [5.74, 6) is 0. The SMILES string of the molecule is CC(C)(C)c1ccc(-c2ccc3c(c2)[nH]c(=O)n3Cc2ccc(Cl)cc2)cc1. The van der Waals surface area contributed by atoms with Crippen molar-refractivity contribution >= 4 is 22.6 Å². The second-order valence-corrected chi connectivity index (χ2v) is 8.64. The van der Waals surface area contributed by atoms with Gasteiger partial charge in [-0.2, -0.15) is 0 Å². The number of aromatic amines is 1. The monoisotopic (exact) mass is 390 g/mol. The Labute approximate surface area is 169 Å². The number of H-pyrrole nitrogens is 1. The van der Waals surface area contributed by atoms with E-state index >= 15 is 0 Å². The number of hydrogen-bond acceptors (Lipinski definition) is 1. The van der Waals surface area contributed by atoms with E-state index in [4.69, 9.17) is 11.6 Å². The number of benzene rings is 3. The predicted molar refractivity (Wildman–Crippen MR) is 117 cm³/mol. The summed E-state index contributed by atoms with van der Waals surface area (Å²) in [5.41, 5.74) is 6.34. The summed E-state index contributed by atoms with van der Waals surface area (Å²) in [5, 5.41) is 0.692. The molecule has 0 saturated carbocycles. The van der Waals surface area contributed by atoms with Crippen molar-refractivity contribution in [1.82, 2.24) is 9.55 Å². The van der Waals surface area contributed by atoms with Crippen LogP contribution in [0.4, 0.5) is 0 Å². The molecule has 0 amide bonds. The van der Waals surface area contributed by atoms with Crippen LogP contribution >= 0.6 is 11.6 Å². The zero-order chi connectivity index (χ0) is 19.9. The fourth-order valence-electron chi connectivity index (χ4n) is 3.44. The Kier molecular flexibility index (Phi) is 4.64. The number of fused-ring (bicyclic) bond motifs is 1. The number of aromatic nitrogens is 2. The molecule has 0 radical (unpaired) electrons. The van der Waals surface area contributed by atoms with Gasteiger partial charge in [-0.05, 0) is 51.9 Å². The molecule has 0 atom stereocenters. The number of rotatable bonds is 3. The van der Waals surface area contributed by atoms with E-state index in [0.717, 1.165) is 27.7 Å². The molecule has 0 aliphatic rings. The minimum atomic E-state index is -0.106. The molecule has 0 saturated heterocycles. The lowest BCUT2D eigenvalue weighted by Crippen LogP contribution is -2.17. The van der Waals surface area contributed by atoms with Gasteiger partial charge in [0.05, 0.1) is 17.6 Å². The number of nitrogens with one attached hydrogen (secondary N) is 1. The maximum Gasteiger partial charge on any atom is 0.326 e. The van der Waals surface area contributed by atoms with Gasteiger partial charge in [0.15, 0.2) is 0 Å². The largest absolute Gasteiger partial charge is 0.326 e. The van der Waals surface area contributed by atoms with Crippen molar-refractivity contribution in [3.8, 4) is 11.1 Å². The number of halogens is 1. The Morgan fingerprint density at radius 1 is 0.893 bits per heavy atom. The quantitative estimate of drug-likeness (QED) is 0.458. The van der Waals surface area contributed by atoms with E-state index in [2.05, 4.69) is 56.1 Å². The fourth-order valence-corrected chi connectivity index (χ4v) is 3.56. The molecule has 4 aromatic rings. The lowest BCUT2D eigenvalue weighted by atomic mass is 9.86. The van der Waals surface area contributed by atoms with E-state index in [1.54, 1.807) is 4.57 Å². The first-order valence-electron chi connectivity index (χ1n) is 9.39. The molecule has 0 bridgehead atoms. The molecular formula is C24H23ClN2O. The highest BCUT2D eigenvalue weighted by atomic mass is 35.5. The molecular weight excluding hydrogens is 368 g/mol. The number of hydrogen-bond donors (Lipinski definition) is 1. The van der Waals surface area contributed by atoms with Crippen LogP contribution in [0.25, 0.3) is 22.2 Å². The first-order chi connectivity index (χ1) is 13.3. The number of imidazole rings is 1. The first kappa shape index (κ1) is 18.6. The highest BCUT2D eigenvalue weighted by molar-refractivity contribution is 6.30. The molecule has 0 fully saturated rings. The van der Waals surface area contributed by atoms with Crippen LogP contribution in [0.5, 0.6) is 0 Å². The zero-order valence-corrected chi connectivity index (χ0v) is 17.0. The van der Waals surface area contributed by atoms with E-state index in [1.807, 2.05) is 36.4 Å². The van der Waals surface area contributed by atoms with Crippen molar-refractivity contribution < 1.29 is 0 Å². The Bertz CT molecular complexity index is 1180. The normalized spacial score (nSPS) is 11.9. The van der Waals surface area contributed by atoms with Gasteiger partial charge in [-0.25, -0.2) is 4.79 Å². The van der Waals surface area contributed by atoms with E-state index < -0.39 is 0 Å². The van der Waals surface area contributed by atoms with Gasteiger partial charge < -0.3 is 4.98 Å². The smallest absolute Gasteiger partial charge is 0.306 e. The van der Waals surface area contributed by atoms with Gasteiger partial charge >= 0.3 is 5.69 Å². The maximum atomic E-state index is 12.5. The number of nitrogens with zero attached hydrogens (tertiary/aromatic N) is 1. The molecule has 4 heteroatoms. The minimum absolute atomic E-state index is 0.106. The van der Waals surface area contributed by atoms with Crippen molar-refractivity contribution in [3.63, 3.8) is 0 Å². The van der Waals surface area contributed by atoms with Crippen LogP contribution in [0.3, 0.4) is 0 Å². The second kappa shape index (κ2) is 6.99. The Morgan fingerprint density at radius 2 is 1.54 bits per heavy atom. The van der Waals surface area contributed by atoms with Crippen molar-refractivity contribution in [2.24, 2.45) is 0 Å². The highest BCUT2D eigenvalue weighted by Crippen LogP contribution is 2.27. The van der Waals surface area contributed by atoms with Gasteiger partial charge in [-0.3, -0.25) is 4.57 Å². The fraction of sp³-hybridized carbons (Fsp3) is 0.208. The summed E-state index contributed by atoms with van der Waals surface area (Å²) in [6.45, 7) is 7.14. The minimum Gasteiger partial charge on any atom is -0.306 e. The third-order valence-corrected chi connectivity index (χ3v) is 5.36. The lowest BCUT2D eigenvalue weighted by Gasteiger charge is -2.19. The van der Waals surface area contributed by atoms with Crippen LogP contribution in [0.15, 0.2) is 71.5 Å². The van der Waals surface area contributed by atoms with Gasteiger partial charge in [-0.15, -0.1) is 0 Å². The molecule has 0 aliphatic carbocycles.